The second kappa shape index (κ2) is 6.93. The molecule has 0 aliphatic rings. The fourth-order valence-electron chi connectivity index (χ4n) is 2.35. The number of sulfone groups is 1. The van der Waals surface area contributed by atoms with Crippen molar-refractivity contribution in [2.45, 2.75) is 4.90 Å². The highest BCUT2D eigenvalue weighted by atomic mass is 32.2. The summed E-state index contributed by atoms with van der Waals surface area (Å²) in [7, 11) is -0.321. The summed E-state index contributed by atoms with van der Waals surface area (Å²) in [5.74, 6) is 0.532. The van der Waals surface area contributed by atoms with Gasteiger partial charge in [0.05, 0.1) is 34.9 Å². The van der Waals surface area contributed by atoms with E-state index in [1.54, 1.807) is 30.3 Å². The Morgan fingerprint density at radius 1 is 1.12 bits per heavy atom. The summed E-state index contributed by atoms with van der Waals surface area (Å²) in [4.78, 5) is 17.1. The summed E-state index contributed by atoms with van der Waals surface area (Å²) in [5.41, 5.74) is 0.915. The molecule has 0 bridgehead atoms. The molecular weight excluding hydrogens is 376 g/mol. The third kappa shape index (κ3) is 3.63. The maximum atomic E-state index is 12.6. The Morgan fingerprint density at radius 2 is 1.88 bits per heavy atom. The first-order valence-electron chi connectivity index (χ1n) is 7.46. The van der Waals surface area contributed by atoms with E-state index in [0.717, 1.165) is 6.26 Å². The van der Waals surface area contributed by atoms with E-state index >= 15 is 0 Å². The van der Waals surface area contributed by atoms with Crippen LogP contribution in [0.4, 0.5) is 5.13 Å². The number of fused-ring (bicyclic) bond motifs is 1. The third-order valence-electron chi connectivity index (χ3n) is 3.66. The van der Waals surface area contributed by atoms with Gasteiger partial charge < -0.3 is 9.47 Å². The molecule has 2 aromatic carbocycles. The minimum Gasteiger partial charge on any atom is -0.497 e. The number of aromatic nitrogens is 1. The monoisotopic (exact) mass is 392 g/mol. The summed E-state index contributed by atoms with van der Waals surface area (Å²) in [6.45, 7) is 0. The van der Waals surface area contributed by atoms with Crippen LogP contribution < -0.4 is 14.8 Å². The Bertz CT molecular complexity index is 1090. The summed E-state index contributed by atoms with van der Waals surface area (Å²) in [5, 5.41) is 3.08. The topological polar surface area (TPSA) is 94.6 Å². The zero-order valence-electron chi connectivity index (χ0n) is 14.3. The highest BCUT2D eigenvalue weighted by Gasteiger charge is 2.16. The lowest BCUT2D eigenvalue weighted by Gasteiger charge is -2.09. The molecule has 7 nitrogen and oxygen atoms in total. The SMILES string of the molecule is COc1ccc(OC)c(C(=O)Nc2nc3ccc(S(C)(=O)=O)cc3s2)c1. The molecule has 1 amide bonds. The summed E-state index contributed by atoms with van der Waals surface area (Å²) in [6.07, 6.45) is 1.15. The van der Waals surface area contributed by atoms with Gasteiger partial charge in [0, 0.05) is 6.26 Å². The first-order valence-corrected chi connectivity index (χ1v) is 10.2. The molecule has 1 N–H and O–H groups in total. The van der Waals surface area contributed by atoms with Crippen molar-refractivity contribution in [1.82, 2.24) is 4.98 Å². The fraction of sp³-hybridized carbons (Fsp3) is 0.176. The Balaban J connectivity index is 1.92. The van der Waals surface area contributed by atoms with Gasteiger partial charge in [-0.2, -0.15) is 0 Å². The number of amides is 1. The van der Waals surface area contributed by atoms with E-state index in [0.29, 0.717) is 32.4 Å². The van der Waals surface area contributed by atoms with Crippen LogP contribution >= 0.6 is 11.3 Å². The van der Waals surface area contributed by atoms with Gasteiger partial charge in [-0.1, -0.05) is 11.3 Å². The number of nitrogens with one attached hydrogen (secondary N) is 1. The summed E-state index contributed by atoms with van der Waals surface area (Å²) < 4.78 is 34.4. The average molecular weight is 392 g/mol. The predicted molar refractivity (Wildman–Crippen MR) is 100 cm³/mol. The Morgan fingerprint density at radius 3 is 2.54 bits per heavy atom. The molecule has 9 heteroatoms. The number of hydrogen-bond donors (Lipinski definition) is 1. The third-order valence-corrected chi connectivity index (χ3v) is 5.70. The predicted octanol–water partition coefficient (Wildman–Crippen LogP) is 2.97. The van der Waals surface area contributed by atoms with Crippen molar-refractivity contribution >= 4 is 42.4 Å². The van der Waals surface area contributed by atoms with Crippen LogP contribution in [0.5, 0.6) is 11.5 Å². The van der Waals surface area contributed by atoms with Gasteiger partial charge in [-0.3, -0.25) is 10.1 Å². The van der Waals surface area contributed by atoms with Gasteiger partial charge in [0.2, 0.25) is 0 Å². The molecule has 0 unspecified atom stereocenters. The Labute approximate surface area is 154 Å². The molecule has 0 atom stereocenters. The standard InChI is InChI=1S/C17H16N2O5S2/c1-23-10-4-7-14(24-2)12(8-10)16(20)19-17-18-13-6-5-11(26(3,21)22)9-15(13)25-17/h4-9H,1-3H3,(H,18,19,20). The van der Waals surface area contributed by atoms with Gasteiger partial charge >= 0.3 is 0 Å². The van der Waals surface area contributed by atoms with E-state index in [1.807, 2.05) is 0 Å². The number of thiazole rings is 1. The minimum absolute atomic E-state index is 0.209. The molecule has 3 rings (SSSR count). The largest absolute Gasteiger partial charge is 0.497 e. The van der Waals surface area contributed by atoms with Crippen LogP contribution in [0.2, 0.25) is 0 Å². The minimum atomic E-state index is -3.31. The molecule has 136 valence electrons. The maximum absolute atomic E-state index is 12.6. The van der Waals surface area contributed by atoms with Gasteiger partial charge in [-0.25, -0.2) is 13.4 Å². The van der Waals surface area contributed by atoms with E-state index in [9.17, 15) is 13.2 Å². The molecule has 0 fully saturated rings. The van der Waals surface area contributed by atoms with Gasteiger partial charge in [0.1, 0.15) is 11.5 Å². The van der Waals surface area contributed by atoms with E-state index in [-0.39, 0.29) is 4.90 Å². The summed E-state index contributed by atoms with van der Waals surface area (Å²) >= 11 is 1.19. The van der Waals surface area contributed by atoms with Gasteiger partial charge in [-0.15, -0.1) is 0 Å². The number of ether oxygens (including phenoxy) is 2. The molecule has 0 aliphatic carbocycles. The molecule has 0 radical (unpaired) electrons. The lowest BCUT2D eigenvalue weighted by molar-refractivity contribution is 0.102. The van der Waals surface area contributed by atoms with E-state index < -0.39 is 15.7 Å². The van der Waals surface area contributed by atoms with Crippen molar-refractivity contribution in [3.63, 3.8) is 0 Å². The molecule has 26 heavy (non-hydrogen) atoms. The van der Waals surface area contributed by atoms with Crippen molar-refractivity contribution < 1.29 is 22.7 Å². The van der Waals surface area contributed by atoms with Gasteiger partial charge in [-0.05, 0) is 36.4 Å². The molecular formula is C17H16N2O5S2. The number of benzene rings is 2. The number of methoxy groups -OCH3 is 2. The van der Waals surface area contributed by atoms with E-state index in [1.165, 1.54) is 31.6 Å². The number of nitrogens with zero attached hydrogens (tertiary/aromatic N) is 1. The Hall–Kier alpha value is -2.65. The Kier molecular flexibility index (Phi) is 4.84. The fourth-order valence-corrected chi connectivity index (χ4v) is 3.97. The van der Waals surface area contributed by atoms with Crippen LogP contribution in [-0.2, 0) is 9.84 Å². The van der Waals surface area contributed by atoms with Crippen molar-refractivity contribution in [3.05, 3.63) is 42.0 Å². The zero-order valence-corrected chi connectivity index (χ0v) is 15.9. The zero-order chi connectivity index (χ0) is 18.9. The van der Waals surface area contributed by atoms with Crippen molar-refractivity contribution in [2.75, 3.05) is 25.8 Å². The van der Waals surface area contributed by atoms with Crippen molar-refractivity contribution in [2.24, 2.45) is 0 Å². The van der Waals surface area contributed by atoms with Crippen LogP contribution in [0.15, 0.2) is 41.3 Å². The molecule has 3 aromatic rings. The smallest absolute Gasteiger partial charge is 0.261 e. The number of hydrogen-bond acceptors (Lipinski definition) is 7. The normalized spacial score (nSPS) is 11.3. The molecule has 1 aromatic heterocycles. The van der Waals surface area contributed by atoms with Gasteiger partial charge in [0.25, 0.3) is 5.91 Å². The molecule has 0 spiro atoms. The van der Waals surface area contributed by atoms with Crippen molar-refractivity contribution in [3.8, 4) is 11.5 Å². The first-order chi connectivity index (χ1) is 12.3. The van der Waals surface area contributed by atoms with Crippen LogP contribution in [0.3, 0.4) is 0 Å². The van der Waals surface area contributed by atoms with Crippen LogP contribution in [-0.4, -0.2) is 39.8 Å². The highest BCUT2D eigenvalue weighted by Crippen LogP contribution is 2.30. The van der Waals surface area contributed by atoms with Crippen LogP contribution in [0, 0.1) is 0 Å². The van der Waals surface area contributed by atoms with E-state index in [4.69, 9.17) is 9.47 Å². The number of carbonyl (C=O) groups is 1. The second-order valence-corrected chi connectivity index (χ2v) is 8.49. The van der Waals surface area contributed by atoms with Crippen LogP contribution in [0.25, 0.3) is 10.2 Å². The van der Waals surface area contributed by atoms with Crippen LogP contribution in [0.1, 0.15) is 10.4 Å². The number of rotatable bonds is 5. The maximum Gasteiger partial charge on any atom is 0.261 e. The summed E-state index contributed by atoms with van der Waals surface area (Å²) in [6, 6.07) is 9.57. The van der Waals surface area contributed by atoms with Crippen molar-refractivity contribution in [1.29, 1.82) is 0 Å². The average Bonchev–Trinajstić information content (AvgIpc) is 3.01. The second-order valence-electron chi connectivity index (χ2n) is 5.44. The van der Waals surface area contributed by atoms with Gasteiger partial charge in [0.15, 0.2) is 15.0 Å². The lowest BCUT2D eigenvalue weighted by Crippen LogP contribution is -2.13. The quantitative estimate of drug-likeness (QED) is 0.717. The van der Waals surface area contributed by atoms with E-state index in [2.05, 4.69) is 10.3 Å². The molecule has 0 saturated heterocycles. The highest BCUT2D eigenvalue weighted by molar-refractivity contribution is 7.90. The lowest BCUT2D eigenvalue weighted by atomic mass is 10.2. The molecule has 0 saturated carbocycles. The number of anilines is 1. The molecule has 1 heterocycles. The number of carbonyl (C=O) groups excluding carboxylic acids is 1. The first kappa shape index (κ1) is 18.2. The molecule has 0 aliphatic heterocycles.